The Kier molecular flexibility index (Phi) is 3.59. The highest BCUT2D eigenvalue weighted by atomic mass is 16.5. The Bertz CT molecular complexity index is 453. The number of benzene rings is 1. The van der Waals surface area contributed by atoms with E-state index in [2.05, 4.69) is 20.5 Å². The molecule has 1 aromatic carbocycles. The van der Waals surface area contributed by atoms with Crippen LogP contribution >= 0.6 is 0 Å². The third-order valence-electron chi connectivity index (χ3n) is 2.15. The Labute approximate surface area is 100 Å². The van der Waals surface area contributed by atoms with Gasteiger partial charge in [0, 0.05) is 6.54 Å². The van der Waals surface area contributed by atoms with Crippen LogP contribution in [0.2, 0.25) is 0 Å². The van der Waals surface area contributed by atoms with Crippen molar-refractivity contribution >= 4 is 5.95 Å². The van der Waals surface area contributed by atoms with Gasteiger partial charge in [0.1, 0.15) is 12.1 Å². The van der Waals surface area contributed by atoms with Crippen LogP contribution < -0.4 is 10.1 Å². The van der Waals surface area contributed by atoms with Gasteiger partial charge >= 0.3 is 0 Å². The molecule has 0 amide bonds. The number of hydrogen-bond acceptors (Lipinski definition) is 4. The first-order valence-corrected chi connectivity index (χ1v) is 5.59. The third-order valence-corrected chi connectivity index (χ3v) is 2.15. The van der Waals surface area contributed by atoms with E-state index < -0.39 is 0 Å². The Morgan fingerprint density at radius 3 is 3.00 bits per heavy atom. The van der Waals surface area contributed by atoms with Crippen LogP contribution in [-0.4, -0.2) is 21.3 Å². The molecule has 0 aliphatic rings. The molecule has 0 unspecified atom stereocenters. The number of ether oxygens (including phenoxy) is 1. The lowest BCUT2D eigenvalue weighted by molar-refractivity contribution is 0.242. The maximum atomic E-state index is 5.63. The first-order chi connectivity index (χ1) is 8.24. The summed E-state index contributed by atoms with van der Waals surface area (Å²) >= 11 is 0. The molecule has 0 aliphatic carbocycles. The van der Waals surface area contributed by atoms with Crippen molar-refractivity contribution in [1.82, 2.24) is 15.2 Å². The second kappa shape index (κ2) is 5.34. The number of anilines is 1. The van der Waals surface area contributed by atoms with Gasteiger partial charge in [0.05, 0.1) is 6.10 Å². The second-order valence-corrected chi connectivity index (χ2v) is 4.00. The van der Waals surface area contributed by atoms with Gasteiger partial charge in [0.25, 0.3) is 0 Å². The van der Waals surface area contributed by atoms with Crippen molar-refractivity contribution in [2.45, 2.75) is 26.5 Å². The number of nitrogens with one attached hydrogen (secondary N) is 2. The summed E-state index contributed by atoms with van der Waals surface area (Å²) in [6.45, 7) is 4.71. The maximum Gasteiger partial charge on any atom is 0.218 e. The Morgan fingerprint density at radius 1 is 1.41 bits per heavy atom. The van der Waals surface area contributed by atoms with Crippen LogP contribution in [0, 0.1) is 0 Å². The zero-order valence-corrected chi connectivity index (χ0v) is 9.97. The van der Waals surface area contributed by atoms with E-state index in [4.69, 9.17) is 4.74 Å². The van der Waals surface area contributed by atoms with E-state index in [9.17, 15) is 0 Å². The first-order valence-electron chi connectivity index (χ1n) is 5.59. The smallest absolute Gasteiger partial charge is 0.218 e. The molecule has 0 spiro atoms. The normalized spacial score (nSPS) is 10.5. The van der Waals surface area contributed by atoms with Gasteiger partial charge in [-0.15, -0.1) is 0 Å². The number of aromatic nitrogens is 3. The maximum absolute atomic E-state index is 5.63. The van der Waals surface area contributed by atoms with Crippen LogP contribution in [0.3, 0.4) is 0 Å². The molecule has 2 aromatic rings. The van der Waals surface area contributed by atoms with E-state index >= 15 is 0 Å². The van der Waals surface area contributed by atoms with E-state index in [1.807, 2.05) is 38.1 Å². The second-order valence-electron chi connectivity index (χ2n) is 4.00. The standard InChI is InChI=1S/C12H16N4O/c1-9(2)17-11-5-3-4-10(6-11)7-13-12-14-8-15-16-12/h3-6,8-9H,7H2,1-2H3,(H2,13,14,15,16). The third kappa shape index (κ3) is 3.48. The van der Waals surface area contributed by atoms with Crippen LogP contribution in [0.15, 0.2) is 30.6 Å². The van der Waals surface area contributed by atoms with Gasteiger partial charge in [-0.25, -0.2) is 10.1 Å². The lowest BCUT2D eigenvalue weighted by Gasteiger charge is -2.11. The van der Waals surface area contributed by atoms with Gasteiger partial charge in [0.15, 0.2) is 0 Å². The molecule has 0 saturated carbocycles. The van der Waals surface area contributed by atoms with Crippen molar-refractivity contribution in [2.24, 2.45) is 0 Å². The molecule has 0 atom stereocenters. The minimum atomic E-state index is 0.187. The zero-order valence-electron chi connectivity index (χ0n) is 9.97. The summed E-state index contributed by atoms with van der Waals surface area (Å²) in [7, 11) is 0. The predicted octanol–water partition coefficient (Wildman–Crippen LogP) is 2.20. The molecule has 5 nitrogen and oxygen atoms in total. The Morgan fingerprint density at radius 2 is 2.29 bits per heavy atom. The van der Waals surface area contributed by atoms with Gasteiger partial charge in [-0.1, -0.05) is 12.1 Å². The number of nitrogens with zero attached hydrogens (tertiary/aromatic N) is 2. The van der Waals surface area contributed by atoms with Crippen LogP contribution in [0.5, 0.6) is 5.75 Å². The molecule has 0 saturated heterocycles. The zero-order chi connectivity index (χ0) is 12.1. The van der Waals surface area contributed by atoms with Crippen molar-refractivity contribution in [1.29, 1.82) is 0 Å². The monoisotopic (exact) mass is 232 g/mol. The quantitative estimate of drug-likeness (QED) is 0.829. The number of hydrogen-bond donors (Lipinski definition) is 2. The van der Waals surface area contributed by atoms with E-state index in [-0.39, 0.29) is 6.10 Å². The minimum absolute atomic E-state index is 0.187. The lowest BCUT2D eigenvalue weighted by Crippen LogP contribution is -2.06. The molecular formula is C12H16N4O. The van der Waals surface area contributed by atoms with Crippen LogP contribution in [-0.2, 0) is 6.54 Å². The largest absolute Gasteiger partial charge is 0.491 e. The molecule has 0 radical (unpaired) electrons. The topological polar surface area (TPSA) is 62.8 Å². The van der Waals surface area contributed by atoms with E-state index in [0.29, 0.717) is 12.5 Å². The van der Waals surface area contributed by atoms with Crippen LogP contribution in [0.1, 0.15) is 19.4 Å². The number of rotatable bonds is 5. The fourth-order valence-corrected chi connectivity index (χ4v) is 1.48. The van der Waals surface area contributed by atoms with E-state index in [1.165, 1.54) is 6.33 Å². The van der Waals surface area contributed by atoms with Gasteiger partial charge in [-0.3, -0.25) is 0 Å². The summed E-state index contributed by atoms with van der Waals surface area (Å²) in [5.74, 6) is 1.55. The summed E-state index contributed by atoms with van der Waals surface area (Å²) in [5, 5.41) is 9.66. The van der Waals surface area contributed by atoms with E-state index in [1.54, 1.807) is 0 Å². The fourth-order valence-electron chi connectivity index (χ4n) is 1.48. The molecule has 90 valence electrons. The predicted molar refractivity (Wildman–Crippen MR) is 65.9 cm³/mol. The molecule has 1 heterocycles. The van der Waals surface area contributed by atoms with Gasteiger partial charge in [-0.2, -0.15) is 5.10 Å². The van der Waals surface area contributed by atoms with E-state index in [0.717, 1.165) is 11.3 Å². The molecule has 0 aliphatic heterocycles. The molecule has 5 heteroatoms. The molecule has 0 fully saturated rings. The fraction of sp³-hybridized carbons (Fsp3) is 0.333. The summed E-state index contributed by atoms with van der Waals surface area (Å²) < 4.78 is 5.63. The molecule has 1 aromatic heterocycles. The average molecular weight is 232 g/mol. The van der Waals surface area contributed by atoms with Crippen molar-refractivity contribution in [2.75, 3.05) is 5.32 Å². The molecule has 2 rings (SSSR count). The minimum Gasteiger partial charge on any atom is -0.491 e. The number of aromatic amines is 1. The van der Waals surface area contributed by atoms with Crippen molar-refractivity contribution in [3.8, 4) is 5.75 Å². The van der Waals surface area contributed by atoms with Gasteiger partial charge in [-0.05, 0) is 31.5 Å². The van der Waals surface area contributed by atoms with Crippen molar-refractivity contribution in [3.63, 3.8) is 0 Å². The van der Waals surface area contributed by atoms with Crippen molar-refractivity contribution in [3.05, 3.63) is 36.2 Å². The van der Waals surface area contributed by atoms with Gasteiger partial charge < -0.3 is 10.1 Å². The van der Waals surface area contributed by atoms with Gasteiger partial charge in [0.2, 0.25) is 5.95 Å². The average Bonchev–Trinajstić information content (AvgIpc) is 2.79. The highest BCUT2D eigenvalue weighted by Gasteiger charge is 2.00. The number of H-pyrrole nitrogens is 1. The summed E-state index contributed by atoms with van der Waals surface area (Å²) in [5.41, 5.74) is 1.14. The molecule has 17 heavy (non-hydrogen) atoms. The first kappa shape index (κ1) is 11.4. The van der Waals surface area contributed by atoms with Crippen LogP contribution in [0.4, 0.5) is 5.95 Å². The highest BCUT2D eigenvalue weighted by molar-refractivity contribution is 5.32. The Hall–Kier alpha value is -2.04. The molecule has 0 bridgehead atoms. The Balaban J connectivity index is 1.96. The highest BCUT2D eigenvalue weighted by Crippen LogP contribution is 2.15. The summed E-state index contributed by atoms with van der Waals surface area (Å²) in [6.07, 6.45) is 1.66. The molecular weight excluding hydrogens is 216 g/mol. The SMILES string of the molecule is CC(C)Oc1cccc(CNc2ncn[nH]2)c1. The lowest BCUT2D eigenvalue weighted by atomic mass is 10.2. The van der Waals surface area contributed by atoms with Crippen molar-refractivity contribution < 1.29 is 4.74 Å². The van der Waals surface area contributed by atoms with Crippen LogP contribution in [0.25, 0.3) is 0 Å². The summed E-state index contributed by atoms with van der Waals surface area (Å²) in [4.78, 5) is 3.99. The summed E-state index contributed by atoms with van der Waals surface area (Å²) in [6, 6.07) is 7.99. The molecule has 2 N–H and O–H groups in total.